The molecule has 1 spiro atoms. The van der Waals surface area contributed by atoms with Gasteiger partial charge in [-0.3, -0.25) is 14.4 Å². The SMILES string of the molecule is CCN(CC)c1ccc(N2CC=C[C@]34S[C@]5(C)/C=C\CCCOC(=O)[C@@H]5[C@H]3C(=O)N(CCCCCO)C4C2=O)cc1. The quantitative estimate of drug-likeness (QED) is 0.266. The van der Waals surface area contributed by atoms with E-state index >= 15 is 0 Å². The predicted octanol–water partition coefficient (Wildman–Crippen LogP) is 4.18. The van der Waals surface area contributed by atoms with Gasteiger partial charge in [0.25, 0.3) is 5.91 Å². The summed E-state index contributed by atoms with van der Waals surface area (Å²) < 4.78 is 4.15. The third-order valence-corrected chi connectivity index (χ3v) is 10.9. The number of cyclic esters (lactones) is 1. The van der Waals surface area contributed by atoms with Crippen LogP contribution in [0.1, 0.15) is 52.9 Å². The Bertz CT molecular complexity index is 1200. The van der Waals surface area contributed by atoms with Crippen LogP contribution in [0.25, 0.3) is 0 Å². The lowest BCUT2D eigenvalue weighted by Crippen LogP contribution is -2.53. The summed E-state index contributed by atoms with van der Waals surface area (Å²) in [7, 11) is 0. The monoisotopic (exact) mass is 581 g/mol. The number of hydrogen-bond donors (Lipinski definition) is 1. The number of carbonyl (C=O) groups is 3. The maximum atomic E-state index is 14.6. The van der Waals surface area contributed by atoms with Crippen LogP contribution in [-0.4, -0.2) is 82.7 Å². The van der Waals surface area contributed by atoms with Crippen LogP contribution in [0, 0.1) is 11.8 Å². The highest BCUT2D eigenvalue weighted by atomic mass is 32.2. The van der Waals surface area contributed by atoms with Crippen molar-refractivity contribution in [3.8, 4) is 0 Å². The zero-order valence-corrected chi connectivity index (χ0v) is 25.3. The van der Waals surface area contributed by atoms with Gasteiger partial charge in [0.2, 0.25) is 5.91 Å². The van der Waals surface area contributed by atoms with Crippen molar-refractivity contribution in [2.75, 3.05) is 49.2 Å². The smallest absolute Gasteiger partial charge is 0.311 e. The topological polar surface area (TPSA) is 90.4 Å². The molecule has 5 atom stereocenters. The number of aliphatic hydroxyl groups is 1. The van der Waals surface area contributed by atoms with Crippen LogP contribution in [0.3, 0.4) is 0 Å². The van der Waals surface area contributed by atoms with E-state index in [4.69, 9.17) is 4.74 Å². The summed E-state index contributed by atoms with van der Waals surface area (Å²) in [5.74, 6) is -2.00. The lowest BCUT2D eigenvalue weighted by atomic mass is 9.74. The van der Waals surface area contributed by atoms with Crippen molar-refractivity contribution in [2.45, 2.75) is 68.4 Å². The van der Waals surface area contributed by atoms with Crippen LogP contribution < -0.4 is 9.80 Å². The van der Waals surface area contributed by atoms with Gasteiger partial charge in [0.05, 0.1) is 23.2 Å². The van der Waals surface area contributed by atoms with Crippen molar-refractivity contribution >= 4 is 40.9 Å². The minimum Gasteiger partial charge on any atom is -0.465 e. The van der Waals surface area contributed by atoms with E-state index in [0.29, 0.717) is 32.5 Å². The Hall–Kier alpha value is -2.78. The summed E-state index contributed by atoms with van der Waals surface area (Å²) >= 11 is 1.58. The largest absolute Gasteiger partial charge is 0.465 e. The number of hydrogen-bond acceptors (Lipinski definition) is 7. The summed E-state index contributed by atoms with van der Waals surface area (Å²) in [6.45, 7) is 9.28. The molecule has 0 aliphatic carbocycles. The highest BCUT2D eigenvalue weighted by Gasteiger charge is 2.73. The average Bonchev–Trinajstić information content (AvgIpc) is 3.31. The van der Waals surface area contributed by atoms with Gasteiger partial charge in [0.15, 0.2) is 0 Å². The number of likely N-dealkylation sites (tertiary alicyclic amines) is 1. The summed E-state index contributed by atoms with van der Waals surface area (Å²) in [4.78, 5) is 48.3. The number of benzene rings is 1. The number of rotatable bonds is 9. The van der Waals surface area contributed by atoms with Crippen molar-refractivity contribution in [3.63, 3.8) is 0 Å². The van der Waals surface area contributed by atoms with Crippen LogP contribution in [-0.2, 0) is 19.1 Å². The molecule has 5 rings (SSSR count). The lowest BCUT2D eigenvalue weighted by Gasteiger charge is -2.37. The van der Waals surface area contributed by atoms with Crippen LogP contribution in [0.5, 0.6) is 0 Å². The van der Waals surface area contributed by atoms with Crippen LogP contribution in [0.4, 0.5) is 11.4 Å². The molecular weight excluding hydrogens is 538 g/mol. The molecule has 0 radical (unpaired) electrons. The molecule has 0 aromatic heterocycles. The Balaban J connectivity index is 1.55. The van der Waals surface area contributed by atoms with Gasteiger partial charge in [-0.2, -0.15) is 0 Å². The number of carbonyl (C=O) groups excluding carboxylic acids is 3. The van der Waals surface area contributed by atoms with Gasteiger partial charge in [0, 0.05) is 48.9 Å². The molecule has 222 valence electrons. The second-order valence-electron chi connectivity index (χ2n) is 11.6. The zero-order valence-electron chi connectivity index (χ0n) is 24.5. The van der Waals surface area contributed by atoms with E-state index in [1.807, 2.05) is 43.3 Å². The summed E-state index contributed by atoms with van der Waals surface area (Å²) in [6.07, 6.45) is 11.8. The minimum absolute atomic E-state index is 0.0946. The molecule has 1 unspecified atom stereocenters. The van der Waals surface area contributed by atoms with Crippen molar-refractivity contribution in [1.29, 1.82) is 0 Å². The van der Waals surface area contributed by atoms with E-state index in [1.54, 1.807) is 21.6 Å². The van der Waals surface area contributed by atoms with Crippen LogP contribution in [0.15, 0.2) is 48.6 Å². The number of anilines is 2. The van der Waals surface area contributed by atoms with Crippen molar-refractivity contribution in [3.05, 3.63) is 48.6 Å². The first kappa shape index (κ1) is 29.7. The normalized spacial score (nSPS) is 31.9. The summed E-state index contributed by atoms with van der Waals surface area (Å²) in [5.41, 5.74) is 1.89. The average molecular weight is 582 g/mol. The second-order valence-corrected chi connectivity index (χ2v) is 13.4. The third kappa shape index (κ3) is 5.20. The standard InChI is InChI=1S/C32H43N3O5S/c1-4-33(5-2)23-13-15-24(16-14-23)34-20-12-18-32-25(26-30(39)40-22-11-6-8-17-31(26,3)41-32)28(37)35(27(32)29(34)38)19-9-7-10-21-36/h8,12-18,25-27,36H,4-7,9-11,19-22H2,1-3H3/b17-8-/t25-,26-,27?,31+,32-/m0/s1. The molecule has 0 saturated carbocycles. The van der Waals surface area contributed by atoms with Gasteiger partial charge in [0.1, 0.15) is 6.04 Å². The van der Waals surface area contributed by atoms with E-state index in [1.165, 1.54) is 0 Å². The number of aliphatic hydroxyl groups excluding tert-OH is 1. The maximum absolute atomic E-state index is 14.6. The molecule has 1 aromatic rings. The second kappa shape index (κ2) is 12.2. The molecule has 2 saturated heterocycles. The summed E-state index contributed by atoms with van der Waals surface area (Å²) in [6, 6.07) is 7.32. The molecule has 2 fully saturated rings. The van der Waals surface area contributed by atoms with E-state index in [-0.39, 0.29) is 24.4 Å². The molecule has 4 aliphatic heterocycles. The Labute approximate surface area is 247 Å². The Kier molecular flexibility index (Phi) is 8.85. The number of unbranched alkanes of at least 4 members (excludes halogenated alkanes) is 2. The first-order chi connectivity index (χ1) is 19.8. The number of allylic oxidation sites excluding steroid dienone is 1. The molecule has 4 aliphatic rings. The third-order valence-electron chi connectivity index (χ3n) is 9.10. The van der Waals surface area contributed by atoms with Gasteiger partial charge < -0.3 is 24.5 Å². The van der Waals surface area contributed by atoms with E-state index in [2.05, 4.69) is 30.9 Å². The molecule has 1 N–H and O–H groups in total. The van der Waals surface area contributed by atoms with Gasteiger partial charge in [-0.1, -0.05) is 24.3 Å². The minimum atomic E-state index is -0.886. The molecular formula is C32H43N3O5S. The van der Waals surface area contributed by atoms with E-state index < -0.39 is 27.4 Å². The fourth-order valence-electron chi connectivity index (χ4n) is 7.11. The molecule has 41 heavy (non-hydrogen) atoms. The van der Waals surface area contributed by atoms with E-state index in [9.17, 15) is 19.5 Å². The maximum Gasteiger partial charge on any atom is 0.311 e. The van der Waals surface area contributed by atoms with Crippen LogP contribution >= 0.6 is 11.8 Å². The van der Waals surface area contributed by atoms with Crippen molar-refractivity contribution < 1.29 is 24.2 Å². The molecule has 9 heteroatoms. The first-order valence-corrected chi connectivity index (χ1v) is 15.9. The van der Waals surface area contributed by atoms with Gasteiger partial charge in [-0.05, 0) is 77.1 Å². The first-order valence-electron chi connectivity index (χ1n) is 15.1. The summed E-state index contributed by atoms with van der Waals surface area (Å²) in [5, 5.41) is 9.30. The predicted molar refractivity (Wildman–Crippen MR) is 163 cm³/mol. The highest BCUT2D eigenvalue weighted by molar-refractivity contribution is 8.02. The Morgan fingerprint density at radius 2 is 1.76 bits per heavy atom. The number of nitrogens with zero attached hydrogens (tertiary/aromatic N) is 3. The van der Waals surface area contributed by atoms with Crippen molar-refractivity contribution in [1.82, 2.24) is 4.90 Å². The number of ether oxygens (including phenoxy) is 1. The molecule has 1 aromatic carbocycles. The Morgan fingerprint density at radius 1 is 1.00 bits per heavy atom. The highest BCUT2D eigenvalue weighted by Crippen LogP contribution is 2.65. The fraction of sp³-hybridized carbons (Fsp3) is 0.594. The van der Waals surface area contributed by atoms with Gasteiger partial charge >= 0.3 is 5.97 Å². The van der Waals surface area contributed by atoms with Gasteiger partial charge in [-0.25, -0.2) is 0 Å². The fourth-order valence-corrected chi connectivity index (χ4v) is 9.26. The number of amides is 2. The molecule has 0 bridgehead atoms. The number of thioether (sulfide) groups is 1. The van der Waals surface area contributed by atoms with Crippen molar-refractivity contribution in [2.24, 2.45) is 11.8 Å². The van der Waals surface area contributed by atoms with Crippen LogP contribution in [0.2, 0.25) is 0 Å². The molecule has 4 heterocycles. The Morgan fingerprint density at radius 3 is 2.46 bits per heavy atom. The van der Waals surface area contributed by atoms with E-state index in [0.717, 1.165) is 43.7 Å². The molecule has 2 amide bonds. The number of esters is 1. The van der Waals surface area contributed by atoms with Gasteiger partial charge in [-0.15, -0.1) is 11.8 Å². The zero-order chi connectivity index (χ0) is 29.2. The molecule has 8 nitrogen and oxygen atoms in total. The lowest BCUT2D eigenvalue weighted by molar-refractivity contribution is -0.154. The number of fused-ring (bicyclic) bond motifs is 2.